The summed E-state index contributed by atoms with van der Waals surface area (Å²) in [6.45, 7) is 0. The monoisotopic (exact) mass is 1500 g/mol. The van der Waals surface area contributed by atoms with Crippen molar-refractivity contribution in [3.63, 3.8) is 0 Å². The Morgan fingerprint density at radius 2 is 0.422 bits per heavy atom. The maximum absolute atomic E-state index is 16.6. The highest BCUT2D eigenvalue weighted by atomic mass is 19.4. The summed E-state index contributed by atoms with van der Waals surface area (Å²) in [5.74, 6) is 5.06. The molecular formula is C98H58F3N15. The van der Waals surface area contributed by atoms with E-state index in [0.717, 1.165) is 50.6 Å². The molecule has 14 aromatic carbocycles. The van der Waals surface area contributed by atoms with Crippen LogP contribution in [0.2, 0.25) is 0 Å². The fourth-order valence-electron chi connectivity index (χ4n) is 15.1. The zero-order valence-corrected chi connectivity index (χ0v) is 61.3. The lowest BCUT2D eigenvalue weighted by Crippen LogP contribution is -2.11. The van der Waals surface area contributed by atoms with Gasteiger partial charge in [-0.25, -0.2) is 59.8 Å². The van der Waals surface area contributed by atoms with E-state index >= 15 is 13.2 Å². The maximum Gasteiger partial charge on any atom is 0.417 e. The Morgan fingerprint density at radius 3 is 0.629 bits per heavy atom. The standard InChI is InChI=1S/C98H58F3N15/c99-98(100,101)78-44-26-25-43-73(78)85-83(115-79-49-45-69(94-107-86(61-27-9-1-10-28-61)103-87(108-94)62-29-11-2-12-30-62)55-74(79)75-56-70(46-50-80(75)115)95-109-88(63-31-13-3-14-32-63)104-89(110-95)64-33-15-4-16-34-64)53-60(59-102)54-84(85)116-81-51-47-71(96-111-90(65-35-17-5-18-36-65)105-91(112-96)66-37-19-6-20-38-66)57-76(81)77-58-72(48-52-82(77)116)97-113-92(67-39-21-7-22-40-67)106-93(114-97)68-41-23-8-24-42-68/h1-58H. The van der Waals surface area contributed by atoms with Crippen molar-refractivity contribution >= 4 is 43.6 Å². The molecule has 0 N–H and O–H groups in total. The van der Waals surface area contributed by atoms with E-state index in [4.69, 9.17) is 59.8 Å². The van der Waals surface area contributed by atoms with Crippen molar-refractivity contribution in [2.75, 3.05) is 0 Å². The van der Waals surface area contributed by atoms with Crippen LogP contribution in [0.5, 0.6) is 0 Å². The van der Waals surface area contributed by atoms with Crippen LogP contribution in [0.1, 0.15) is 11.1 Å². The van der Waals surface area contributed by atoms with Crippen LogP contribution in [0.25, 0.3) is 203 Å². The molecular weight excluding hydrogens is 1440 g/mol. The predicted octanol–water partition coefficient (Wildman–Crippen LogP) is 23.2. The second-order valence-electron chi connectivity index (χ2n) is 27.8. The largest absolute Gasteiger partial charge is 0.417 e. The topological polar surface area (TPSA) is 188 Å². The highest BCUT2D eigenvalue weighted by Gasteiger charge is 2.36. The van der Waals surface area contributed by atoms with E-state index in [1.165, 1.54) is 12.1 Å². The number of benzene rings is 14. The molecule has 546 valence electrons. The number of nitriles is 1. The number of hydrogen-bond acceptors (Lipinski definition) is 13. The number of alkyl halides is 3. The third-order valence-corrected chi connectivity index (χ3v) is 20.6. The average molecular weight is 1500 g/mol. The lowest BCUT2D eigenvalue weighted by molar-refractivity contribution is -0.137. The molecule has 0 unspecified atom stereocenters. The Balaban J connectivity index is 0.875. The second-order valence-corrected chi connectivity index (χ2v) is 27.8. The third-order valence-electron chi connectivity index (χ3n) is 20.6. The van der Waals surface area contributed by atoms with Crippen LogP contribution >= 0.6 is 0 Å². The number of aromatic nitrogens is 14. The number of halogens is 3. The SMILES string of the molecule is N#Cc1cc(-n2c3ccc(-c4nc(-c5ccccc5)nc(-c5ccccc5)n4)cc3c3cc(-c4nc(-c5ccccc5)nc(-c5ccccc5)n4)ccc32)c(-c2ccccc2C(F)(F)F)c(-n2c3ccc(-c4nc(-c5ccccc5)nc(-c5ccccc5)n4)cc3c3cc(-c4nc(-c5ccccc5)nc(-c5ccccc5)n4)ccc32)c1. The molecule has 0 saturated heterocycles. The minimum atomic E-state index is -4.90. The van der Waals surface area contributed by atoms with E-state index in [2.05, 4.69) is 6.07 Å². The van der Waals surface area contributed by atoms with Gasteiger partial charge in [-0.1, -0.05) is 261 Å². The number of nitrogens with zero attached hydrogens (tertiary/aromatic N) is 15. The van der Waals surface area contributed by atoms with Gasteiger partial charge in [0.2, 0.25) is 0 Å². The molecule has 0 aliphatic carbocycles. The van der Waals surface area contributed by atoms with E-state index in [0.29, 0.717) is 136 Å². The fourth-order valence-corrected chi connectivity index (χ4v) is 15.1. The summed E-state index contributed by atoms with van der Waals surface area (Å²) in [5, 5.41) is 14.4. The van der Waals surface area contributed by atoms with Gasteiger partial charge in [0.25, 0.3) is 0 Å². The zero-order chi connectivity index (χ0) is 77.8. The molecule has 0 amide bonds. The van der Waals surface area contributed by atoms with Crippen molar-refractivity contribution in [1.82, 2.24) is 68.9 Å². The minimum Gasteiger partial charge on any atom is -0.308 e. The molecule has 20 rings (SSSR count). The molecule has 0 atom stereocenters. The zero-order valence-electron chi connectivity index (χ0n) is 61.3. The van der Waals surface area contributed by atoms with Crippen LogP contribution in [0.15, 0.2) is 352 Å². The lowest BCUT2D eigenvalue weighted by atomic mass is 9.94. The van der Waals surface area contributed by atoms with Crippen molar-refractivity contribution in [1.29, 1.82) is 5.26 Å². The first-order chi connectivity index (χ1) is 57.0. The molecule has 0 saturated carbocycles. The minimum absolute atomic E-state index is 0.146. The van der Waals surface area contributed by atoms with Gasteiger partial charge in [-0.3, -0.25) is 0 Å². The molecule has 0 aliphatic heterocycles. The highest BCUT2D eigenvalue weighted by molar-refractivity contribution is 6.14. The predicted molar refractivity (Wildman–Crippen MR) is 449 cm³/mol. The molecule has 0 spiro atoms. The first-order valence-corrected chi connectivity index (χ1v) is 37.5. The quantitative estimate of drug-likeness (QED) is 0.0944. The summed E-state index contributed by atoms with van der Waals surface area (Å²) >= 11 is 0. The molecule has 0 aliphatic rings. The number of rotatable bonds is 15. The van der Waals surface area contributed by atoms with Gasteiger partial charge in [-0.2, -0.15) is 18.4 Å². The smallest absolute Gasteiger partial charge is 0.308 e. The Bertz CT molecular complexity index is 6240. The van der Waals surface area contributed by atoms with E-state index in [1.54, 1.807) is 18.2 Å². The average Bonchev–Trinajstić information content (AvgIpc) is 1.52. The molecule has 20 aromatic rings. The molecule has 0 fully saturated rings. The highest BCUT2D eigenvalue weighted by Crippen LogP contribution is 2.49. The van der Waals surface area contributed by atoms with Gasteiger partial charge in [0, 0.05) is 93.9 Å². The van der Waals surface area contributed by atoms with Crippen LogP contribution < -0.4 is 0 Å². The van der Waals surface area contributed by atoms with Crippen molar-refractivity contribution in [3.8, 4) is 165 Å². The van der Waals surface area contributed by atoms with Gasteiger partial charge in [-0.15, -0.1) is 0 Å². The van der Waals surface area contributed by atoms with Crippen molar-refractivity contribution in [3.05, 3.63) is 363 Å². The van der Waals surface area contributed by atoms with Crippen LogP contribution in [-0.2, 0) is 6.18 Å². The molecule has 6 aromatic heterocycles. The van der Waals surface area contributed by atoms with Crippen molar-refractivity contribution in [2.24, 2.45) is 0 Å². The van der Waals surface area contributed by atoms with E-state index < -0.39 is 11.7 Å². The van der Waals surface area contributed by atoms with Crippen molar-refractivity contribution in [2.45, 2.75) is 6.18 Å². The first-order valence-electron chi connectivity index (χ1n) is 37.5. The Labute approximate surface area is 661 Å². The maximum atomic E-state index is 16.6. The fraction of sp³-hybridized carbons (Fsp3) is 0.0102. The number of fused-ring (bicyclic) bond motifs is 6. The van der Waals surface area contributed by atoms with Crippen LogP contribution in [0.3, 0.4) is 0 Å². The Morgan fingerprint density at radius 1 is 0.224 bits per heavy atom. The summed E-state index contributed by atoms with van der Waals surface area (Å²) in [4.78, 5) is 61.6. The summed E-state index contributed by atoms with van der Waals surface area (Å²) in [7, 11) is 0. The molecule has 0 bridgehead atoms. The second kappa shape index (κ2) is 29.0. The summed E-state index contributed by atoms with van der Waals surface area (Å²) in [5.41, 5.74) is 10.7. The normalized spacial score (nSPS) is 11.6. The molecule has 6 heterocycles. The van der Waals surface area contributed by atoms with Gasteiger partial charge in [0.05, 0.1) is 50.6 Å². The molecule has 18 heteroatoms. The number of hydrogen-bond donors (Lipinski definition) is 0. The van der Waals surface area contributed by atoms with E-state index in [9.17, 15) is 5.26 Å². The van der Waals surface area contributed by atoms with Crippen LogP contribution in [0.4, 0.5) is 13.2 Å². The van der Waals surface area contributed by atoms with E-state index in [1.807, 2.05) is 325 Å². The summed E-state index contributed by atoms with van der Waals surface area (Å²) in [6.07, 6.45) is -4.90. The van der Waals surface area contributed by atoms with Gasteiger partial charge in [0.15, 0.2) is 69.9 Å². The Hall–Kier alpha value is -16.0. The van der Waals surface area contributed by atoms with Crippen LogP contribution in [0, 0.1) is 11.3 Å². The van der Waals surface area contributed by atoms with Crippen molar-refractivity contribution < 1.29 is 13.2 Å². The lowest BCUT2D eigenvalue weighted by Gasteiger charge is -2.23. The van der Waals surface area contributed by atoms with Gasteiger partial charge in [-0.05, 0) is 96.6 Å². The molecule has 0 radical (unpaired) electrons. The molecule has 15 nitrogen and oxygen atoms in total. The summed E-state index contributed by atoms with van der Waals surface area (Å²) < 4.78 is 53.8. The Kier molecular flexibility index (Phi) is 17.3. The van der Waals surface area contributed by atoms with Gasteiger partial charge in [0.1, 0.15) is 0 Å². The van der Waals surface area contributed by atoms with E-state index in [-0.39, 0.29) is 28.1 Å². The third kappa shape index (κ3) is 12.9. The first kappa shape index (κ1) is 69.2. The van der Waals surface area contributed by atoms with Gasteiger partial charge < -0.3 is 9.13 Å². The van der Waals surface area contributed by atoms with Crippen LogP contribution in [-0.4, -0.2) is 68.9 Å². The summed E-state index contributed by atoms with van der Waals surface area (Å²) in [6, 6.07) is 113. The van der Waals surface area contributed by atoms with Gasteiger partial charge >= 0.3 is 6.18 Å². The molecule has 116 heavy (non-hydrogen) atoms.